The third kappa shape index (κ3) is 3.97. The highest BCUT2D eigenvalue weighted by molar-refractivity contribution is 7.22. The van der Waals surface area contributed by atoms with Crippen LogP contribution in [0.25, 0.3) is 10.3 Å². The van der Waals surface area contributed by atoms with Crippen LogP contribution >= 0.6 is 11.3 Å². The van der Waals surface area contributed by atoms with Crippen LogP contribution in [0.5, 0.6) is 0 Å². The Balaban J connectivity index is 1.67. The summed E-state index contributed by atoms with van der Waals surface area (Å²) in [7, 11) is 0. The number of anilines is 1. The lowest BCUT2D eigenvalue weighted by Gasteiger charge is -2.22. The number of likely N-dealkylation sites (tertiary alicyclic amines) is 1. The van der Waals surface area contributed by atoms with Crippen LogP contribution in [0.3, 0.4) is 0 Å². The maximum Gasteiger partial charge on any atom is 0.276 e. The second-order valence-corrected chi connectivity index (χ2v) is 10.4. The predicted octanol–water partition coefficient (Wildman–Crippen LogP) is 3.36. The number of aliphatic hydroxyl groups excluding tert-OH is 1. The molecule has 9 heteroatoms. The molecule has 2 amide bonds. The van der Waals surface area contributed by atoms with Gasteiger partial charge in [-0.2, -0.15) is 10.1 Å². The topological polar surface area (TPSA) is 100 Å². The fourth-order valence-electron chi connectivity index (χ4n) is 4.46. The zero-order chi connectivity index (χ0) is 21.5. The fourth-order valence-corrected chi connectivity index (χ4v) is 5.39. The van der Waals surface area contributed by atoms with E-state index in [1.54, 1.807) is 9.58 Å². The number of aromatic nitrogens is 3. The quantitative estimate of drug-likeness (QED) is 0.770. The molecule has 0 aromatic carbocycles. The van der Waals surface area contributed by atoms with Gasteiger partial charge in [-0.05, 0) is 46.5 Å². The van der Waals surface area contributed by atoms with Crippen molar-refractivity contribution in [1.82, 2.24) is 19.7 Å². The number of amides is 2. The highest BCUT2D eigenvalue weighted by atomic mass is 32.1. The van der Waals surface area contributed by atoms with Crippen molar-refractivity contribution >= 4 is 38.6 Å². The summed E-state index contributed by atoms with van der Waals surface area (Å²) in [5, 5.41) is 17.8. The molecule has 0 spiro atoms. The molecular weight excluding hydrogens is 402 g/mol. The Hall–Kier alpha value is -2.00. The van der Waals surface area contributed by atoms with Gasteiger partial charge in [-0.3, -0.25) is 9.59 Å². The van der Waals surface area contributed by atoms with Crippen molar-refractivity contribution in [2.45, 2.75) is 77.3 Å². The molecule has 1 atom stereocenters. The number of thiazole rings is 1. The molecule has 164 valence electrons. The third-order valence-electron chi connectivity index (χ3n) is 6.12. The Bertz CT molecular complexity index is 938. The van der Waals surface area contributed by atoms with E-state index in [2.05, 4.69) is 15.4 Å². The molecule has 1 saturated carbocycles. The molecule has 0 unspecified atom stereocenters. The summed E-state index contributed by atoms with van der Waals surface area (Å²) < 4.78 is 2.46. The van der Waals surface area contributed by atoms with Gasteiger partial charge in [0.25, 0.3) is 5.91 Å². The zero-order valence-electron chi connectivity index (χ0n) is 18.0. The lowest BCUT2D eigenvalue weighted by atomic mass is 9.89. The first kappa shape index (κ1) is 21.2. The largest absolute Gasteiger partial charge is 0.394 e. The minimum atomic E-state index is -0.364. The number of carbonyl (C=O) groups is 2. The van der Waals surface area contributed by atoms with Crippen LogP contribution < -0.4 is 5.32 Å². The number of hydrogen-bond donors (Lipinski definition) is 2. The maximum absolute atomic E-state index is 13.3. The highest BCUT2D eigenvalue weighted by Gasteiger charge is 2.34. The SMILES string of the molecule is CC(C)(C)n1nc(C(=O)N2CCC[C@H]2CO)c2sc(NC(=O)C3CCCCC3)nc21. The van der Waals surface area contributed by atoms with E-state index in [1.165, 1.54) is 17.8 Å². The van der Waals surface area contributed by atoms with Gasteiger partial charge in [-0.25, -0.2) is 4.68 Å². The number of nitrogens with zero attached hydrogens (tertiary/aromatic N) is 4. The van der Waals surface area contributed by atoms with Gasteiger partial charge in [0.2, 0.25) is 5.91 Å². The van der Waals surface area contributed by atoms with Crippen molar-refractivity contribution in [2.24, 2.45) is 5.92 Å². The van der Waals surface area contributed by atoms with Crippen molar-refractivity contribution < 1.29 is 14.7 Å². The molecule has 2 N–H and O–H groups in total. The molecule has 4 rings (SSSR count). The van der Waals surface area contributed by atoms with E-state index < -0.39 is 0 Å². The molecule has 30 heavy (non-hydrogen) atoms. The van der Waals surface area contributed by atoms with Crippen molar-refractivity contribution in [3.05, 3.63) is 5.69 Å². The predicted molar refractivity (Wildman–Crippen MR) is 117 cm³/mol. The van der Waals surface area contributed by atoms with E-state index >= 15 is 0 Å². The van der Waals surface area contributed by atoms with Crippen molar-refractivity contribution in [1.29, 1.82) is 0 Å². The first-order valence-corrected chi connectivity index (χ1v) is 11.7. The summed E-state index contributed by atoms with van der Waals surface area (Å²) in [4.78, 5) is 32.3. The Morgan fingerprint density at radius 3 is 2.57 bits per heavy atom. The molecule has 0 radical (unpaired) electrons. The number of rotatable bonds is 4. The normalized spacial score (nSPS) is 20.8. The Morgan fingerprint density at radius 1 is 1.17 bits per heavy atom. The number of nitrogens with one attached hydrogen (secondary N) is 1. The van der Waals surface area contributed by atoms with E-state index in [9.17, 15) is 14.7 Å². The summed E-state index contributed by atoms with van der Waals surface area (Å²) >= 11 is 1.31. The van der Waals surface area contributed by atoms with Gasteiger partial charge < -0.3 is 15.3 Å². The van der Waals surface area contributed by atoms with Gasteiger partial charge >= 0.3 is 0 Å². The van der Waals surface area contributed by atoms with Gasteiger partial charge in [0.15, 0.2) is 16.5 Å². The Labute approximate surface area is 180 Å². The van der Waals surface area contributed by atoms with E-state index in [-0.39, 0.29) is 35.9 Å². The molecule has 2 aromatic rings. The van der Waals surface area contributed by atoms with Gasteiger partial charge in [0.05, 0.1) is 18.2 Å². The third-order valence-corrected chi connectivity index (χ3v) is 7.08. The number of fused-ring (bicyclic) bond motifs is 1. The Kier molecular flexibility index (Phi) is 5.85. The molecule has 1 saturated heterocycles. The maximum atomic E-state index is 13.3. The second-order valence-electron chi connectivity index (χ2n) is 9.40. The first-order valence-electron chi connectivity index (χ1n) is 10.9. The van der Waals surface area contributed by atoms with Crippen LogP contribution in [0.1, 0.15) is 76.2 Å². The lowest BCUT2D eigenvalue weighted by molar-refractivity contribution is -0.120. The van der Waals surface area contributed by atoms with E-state index in [1.807, 2.05) is 20.8 Å². The van der Waals surface area contributed by atoms with Crippen molar-refractivity contribution in [3.63, 3.8) is 0 Å². The summed E-state index contributed by atoms with van der Waals surface area (Å²) in [5.41, 5.74) is 0.613. The summed E-state index contributed by atoms with van der Waals surface area (Å²) in [5.74, 6) is -0.108. The van der Waals surface area contributed by atoms with E-state index in [4.69, 9.17) is 0 Å². The lowest BCUT2D eigenvalue weighted by Crippen LogP contribution is -2.38. The van der Waals surface area contributed by atoms with Gasteiger partial charge in [-0.1, -0.05) is 30.6 Å². The molecule has 1 aliphatic heterocycles. The monoisotopic (exact) mass is 433 g/mol. The molecular formula is C21H31N5O3S. The van der Waals surface area contributed by atoms with E-state index in [0.29, 0.717) is 27.7 Å². The van der Waals surface area contributed by atoms with Crippen LogP contribution in [0, 0.1) is 5.92 Å². The molecule has 3 heterocycles. The number of hydrogen-bond acceptors (Lipinski definition) is 6. The minimum absolute atomic E-state index is 0.0223. The molecule has 2 fully saturated rings. The van der Waals surface area contributed by atoms with Crippen LogP contribution in [-0.2, 0) is 10.3 Å². The molecule has 1 aliphatic carbocycles. The Morgan fingerprint density at radius 2 is 1.90 bits per heavy atom. The summed E-state index contributed by atoms with van der Waals surface area (Å²) in [6, 6.07) is -0.161. The van der Waals surface area contributed by atoms with Gasteiger partial charge in [0, 0.05) is 12.5 Å². The van der Waals surface area contributed by atoms with Crippen molar-refractivity contribution in [3.8, 4) is 0 Å². The summed E-state index contributed by atoms with van der Waals surface area (Å²) in [6.07, 6.45) is 6.92. The fraction of sp³-hybridized carbons (Fsp3) is 0.714. The average Bonchev–Trinajstić information content (AvgIpc) is 3.41. The standard InChI is InChI=1S/C21H31N5O3S/c1-21(2,3)26-17-16(15(24-26)19(29)25-11-7-10-14(25)12-27)30-20(22-17)23-18(28)13-8-5-4-6-9-13/h13-14,27H,4-12H2,1-3H3,(H,22,23,28)/t14-/m0/s1. The zero-order valence-corrected chi connectivity index (χ0v) is 18.8. The van der Waals surface area contributed by atoms with Crippen LogP contribution in [-0.4, -0.2) is 55.8 Å². The van der Waals surface area contributed by atoms with Crippen molar-refractivity contribution in [2.75, 3.05) is 18.5 Å². The van der Waals surface area contributed by atoms with Gasteiger partial charge in [0.1, 0.15) is 4.70 Å². The minimum Gasteiger partial charge on any atom is -0.394 e. The summed E-state index contributed by atoms with van der Waals surface area (Å²) in [6.45, 7) is 6.62. The molecule has 8 nitrogen and oxygen atoms in total. The number of carbonyl (C=O) groups excluding carboxylic acids is 2. The smallest absolute Gasteiger partial charge is 0.276 e. The first-order chi connectivity index (χ1) is 14.3. The molecule has 2 aliphatic rings. The molecule has 0 bridgehead atoms. The second kappa shape index (κ2) is 8.26. The average molecular weight is 434 g/mol. The number of aliphatic hydroxyl groups is 1. The van der Waals surface area contributed by atoms with Gasteiger partial charge in [-0.15, -0.1) is 0 Å². The van der Waals surface area contributed by atoms with Crippen LogP contribution in [0.4, 0.5) is 5.13 Å². The van der Waals surface area contributed by atoms with Crippen LogP contribution in [0.2, 0.25) is 0 Å². The highest BCUT2D eigenvalue weighted by Crippen LogP contribution is 2.34. The van der Waals surface area contributed by atoms with Crippen LogP contribution in [0.15, 0.2) is 0 Å². The molecule has 2 aromatic heterocycles. The van der Waals surface area contributed by atoms with E-state index in [0.717, 1.165) is 38.5 Å².